The summed E-state index contributed by atoms with van der Waals surface area (Å²) in [5, 5.41) is 2.97. The highest BCUT2D eigenvalue weighted by molar-refractivity contribution is 7.89. The number of anilines is 1. The summed E-state index contributed by atoms with van der Waals surface area (Å²) in [5.74, 6) is 0.642. The van der Waals surface area contributed by atoms with Gasteiger partial charge in [-0.3, -0.25) is 4.79 Å². The van der Waals surface area contributed by atoms with Gasteiger partial charge in [0.2, 0.25) is 22.7 Å². The molecule has 172 valence electrons. The van der Waals surface area contributed by atoms with Crippen LogP contribution < -0.4 is 24.2 Å². The zero-order chi connectivity index (χ0) is 23.4. The minimum atomic E-state index is -4.16. The molecule has 4 rings (SSSR count). The van der Waals surface area contributed by atoms with Gasteiger partial charge in [-0.1, -0.05) is 41.9 Å². The highest BCUT2D eigenvalue weighted by atomic mass is 35.5. The lowest BCUT2D eigenvalue weighted by atomic mass is 10.1. The predicted octanol–water partition coefficient (Wildman–Crippen LogP) is 3.61. The number of benzene rings is 3. The van der Waals surface area contributed by atoms with Crippen molar-refractivity contribution in [1.82, 2.24) is 4.72 Å². The second-order valence-electron chi connectivity index (χ2n) is 7.22. The standard InChI is InChI=1S/C23H21ClN2O6S/c1-30-20-9-7-16(24)12-22(20)33(28,29)26-18(11-15-5-3-2-4-6-15)23(27)25-17-8-10-19-21(13-17)32-14-31-19/h2-10,12-13,18,26H,11,14H2,1H3,(H,25,27)/t18-/m1/s1. The number of hydrogen-bond acceptors (Lipinski definition) is 6. The van der Waals surface area contributed by atoms with Crippen molar-refractivity contribution < 1.29 is 27.4 Å². The van der Waals surface area contributed by atoms with Crippen molar-refractivity contribution in [3.8, 4) is 17.2 Å². The molecule has 0 aromatic heterocycles. The predicted molar refractivity (Wildman–Crippen MR) is 123 cm³/mol. The second kappa shape index (κ2) is 9.70. The molecule has 8 nitrogen and oxygen atoms in total. The first-order valence-corrected chi connectivity index (χ1v) is 11.8. The second-order valence-corrected chi connectivity index (χ2v) is 9.33. The summed E-state index contributed by atoms with van der Waals surface area (Å²) < 4.78 is 44.7. The van der Waals surface area contributed by atoms with E-state index in [1.165, 1.54) is 25.3 Å². The van der Waals surface area contributed by atoms with E-state index in [1.54, 1.807) is 18.2 Å². The molecule has 1 heterocycles. The number of sulfonamides is 1. The summed E-state index contributed by atoms with van der Waals surface area (Å²) in [6, 6.07) is 17.2. The van der Waals surface area contributed by atoms with Crippen LogP contribution in [0, 0.1) is 0 Å². The monoisotopic (exact) mass is 488 g/mol. The van der Waals surface area contributed by atoms with E-state index in [2.05, 4.69) is 10.0 Å². The molecular formula is C23H21ClN2O6S. The van der Waals surface area contributed by atoms with Crippen LogP contribution in [0.5, 0.6) is 17.2 Å². The van der Waals surface area contributed by atoms with Gasteiger partial charge in [0.15, 0.2) is 11.5 Å². The van der Waals surface area contributed by atoms with E-state index in [-0.39, 0.29) is 28.9 Å². The molecule has 3 aromatic carbocycles. The van der Waals surface area contributed by atoms with Gasteiger partial charge in [0.25, 0.3) is 0 Å². The smallest absolute Gasteiger partial charge is 0.245 e. The molecule has 1 atom stereocenters. The number of nitrogens with one attached hydrogen (secondary N) is 2. The quantitative estimate of drug-likeness (QED) is 0.502. The van der Waals surface area contributed by atoms with Crippen LogP contribution in [0.25, 0.3) is 0 Å². The Kier molecular flexibility index (Phi) is 6.73. The number of halogens is 1. The lowest BCUT2D eigenvalue weighted by Crippen LogP contribution is -2.45. The van der Waals surface area contributed by atoms with Crippen molar-refractivity contribution in [3.05, 3.63) is 77.3 Å². The fourth-order valence-electron chi connectivity index (χ4n) is 3.35. The molecular weight excluding hydrogens is 468 g/mol. The molecule has 0 bridgehead atoms. The maximum absolute atomic E-state index is 13.2. The molecule has 0 fully saturated rings. The summed E-state index contributed by atoms with van der Waals surface area (Å²) in [7, 11) is -2.80. The lowest BCUT2D eigenvalue weighted by molar-refractivity contribution is -0.117. The molecule has 0 radical (unpaired) electrons. The number of fused-ring (bicyclic) bond motifs is 1. The average Bonchev–Trinajstić information content (AvgIpc) is 3.27. The highest BCUT2D eigenvalue weighted by Crippen LogP contribution is 2.34. The minimum Gasteiger partial charge on any atom is -0.495 e. The molecule has 10 heteroatoms. The van der Waals surface area contributed by atoms with E-state index in [9.17, 15) is 13.2 Å². The summed E-state index contributed by atoms with van der Waals surface area (Å²) >= 11 is 6.01. The van der Waals surface area contributed by atoms with Gasteiger partial charge < -0.3 is 19.5 Å². The third-order valence-electron chi connectivity index (χ3n) is 4.95. The number of methoxy groups -OCH3 is 1. The first-order valence-electron chi connectivity index (χ1n) is 9.96. The molecule has 0 unspecified atom stereocenters. The number of ether oxygens (including phenoxy) is 3. The van der Waals surface area contributed by atoms with Gasteiger partial charge in [0.05, 0.1) is 7.11 Å². The molecule has 0 saturated heterocycles. The van der Waals surface area contributed by atoms with Gasteiger partial charge in [-0.2, -0.15) is 4.72 Å². The van der Waals surface area contributed by atoms with Gasteiger partial charge in [0.1, 0.15) is 16.7 Å². The Morgan fingerprint density at radius 3 is 2.58 bits per heavy atom. The van der Waals surface area contributed by atoms with Crippen LogP contribution in [0.15, 0.2) is 71.6 Å². The summed E-state index contributed by atoms with van der Waals surface area (Å²) in [4.78, 5) is 13.0. The summed E-state index contributed by atoms with van der Waals surface area (Å²) in [6.07, 6.45) is 0.124. The van der Waals surface area contributed by atoms with Crippen molar-refractivity contribution in [1.29, 1.82) is 0 Å². The van der Waals surface area contributed by atoms with Crippen molar-refractivity contribution in [3.63, 3.8) is 0 Å². The Labute approximate surface area is 196 Å². The minimum absolute atomic E-state index is 0.102. The van der Waals surface area contributed by atoms with Crippen LogP contribution >= 0.6 is 11.6 Å². The molecule has 0 spiro atoms. The Morgan fingerprint density at radius 2 is 1.82 bits per heavy atom. The third-order valence-corrected chi connectivity index (χ3v) is 6.68. The van der Waals surface area contributed by atoms with Crippen LogP contribution in [0.4, 0.5) is 5.69 Å². The normalized spacial score (nSPS) is 13.4. The molecule has 1 aliphatic heterocycles. The Morgan fingerprint density at radius 1 is 1.06 bits per heavy atom. The summed E-state index contributed by atoms with van der Waals surface area (Å²) in [5.41, 5.74) is 1.23. The van der Waals surface area contributed by atoms with E-state index in [0.717, 1.165) is 5.56 Å². The van der Waals surface area contributed by atoms with Gasteiger partial charge in [0, 0.05) is 16.8 Å². The number of amides is 1. The Hall–Kier alpha value is -3.27. The van der Waals surface area contributed by atoms with Gasteiger partial charge in [-0.05, 0) is 42.3 Å². The first kappa shape index (κ1) is 22.9. The van der Waals surface area contributed by atoms with Gasteiger partial charge in [-0.25, -0.2) is 8.42 Å². The lowest BCUT2D eigenvalue weighted by Gasteiger charge is -2.20. The maximum atomic E-state index is 13.2. The van der Waals surface area contributed by atoms with Gasteiger partial charge in [-0.15, -0.1) is 0 Å². The Bertz CT molecular complexity index is 1270. The zero-order valence-corrected chi connectivity index (χ0v) is 19.2. The largest absolute Gasteiger partial charge is 0.495 e. The first-order chi connectivity index (χ1) is 15.9. The molecule has 0 saturated carbocycles. The van der Waals surface area contributed by atoms with Crippen molar-refractivity contribution in [2.45, 2.75) is 17.4 Å². The van der Waals surface area contributed by atoms with E-state index >= 15 is 0 Å². The van der Waals surface area contributed by atoms with Crippen LogP contribution in [0.3, 0.4) is 0 Å². The molecule has 0 aliphatic carbocycles. The molecule has 1 aliphatic rings. The molecule has 1 amide bonds. The molecule has 2 N–H and O–H groups in total. The number of carbonyl (C=O) groups is 1. The Balaban J connectivity index is 1.62. The fourth-order valence-corrected chi connectivity index (χ4v) is 4.98. The van der Waals surface area contributed by atoms with Crippen molar-refractivity contribution >= 4 is 33.2 Å². The van der Waals surface area contributed by atoms with E-state index in [4.69, 9.17) is 25.8 Å². The molecule has 33 heavy (non-hydrogen) atoms. The number of hydrogen-bond donors (Lipinski definition) is 2. The van der Waals surface area contributed by atoms with E-state index in [0.29, 0.717) is 17.2 Å². The number of carbonyl (C=O) groups excluding carboxylic acids is 1. The van der Waals surface area contributed by atoms with E-state index < -0.39 is 22.0 Å². The van der Waals surface area contributed by atoms with Crippen LogP contribution in [0.2, 0.25) is 5.02 Å². The molecule has 3 aromatic rings. The van der Waals surface area contributed by atoms with E-state index in [1.807, 2.05) is 30.3 Å². The van der Waals surface area contributed by atoms with Crippen molar-refractivity contribution in [2.24, 2.45) is 0 Å². The highest BCUT2D eigenvalue weighted by Gasteiger charge is 2.29. The van der Waals surface area contributed by atoms with Crippen LogP contribution in [-0.4, -0.2) is 34.3 Å². The van der Waals surface area contributed by atoms with Crippen LogP contribution in [-0.2, 0) is 21.2 Å². The third kappa shape index (κ3) is 5.39. The maximum Gasteiger partial charge on any atom is 0.245 e. The topological polar surface area (TPSA) is 103 Å². The number of rotatable bonds is 8. The average molecular weight is 489 g/mol. The SMILES string of the molecule is COc1ccc(Cl)cc1S(=O)(=O)N[C@H](Cc1ccccc1)C(=O)Nc1ccc2c(c1)OCO2. The zero-order valence-electron chi connectivity index (χ0n) is 17.6. The van der Waals surface area contributed by atoms with Crippen LogP contribution in [0.1, 0.15) is 5.56 Å². The fraction of sp³-hybridized carbons (Fsp3) is 0.174. The van der Waals surface area contributed by atoms with Gasteiger partial charge >= 0.3 is 0 Å². The van der Waals surface area contributed by atoms with Crippen molar-refractivity contribution in [2.75, 3.05) is 19.2 Å². The summed E-state index contributed by atoms with van der Waals surface area (Å²) in [6.45, 7) is 0.102.